The first-order valence-electron chi connectivity index (χ1n) is 6.90. The number of hydrogen-bond donors (Lipinski definition) is 2. The largest absolute Gasteiger partial charge is 0.476 e. The Hall–Kier alpha value is -2.22. The number of aromatic nitrogens is 5. The predicted octanol–water partition coefficient (Wildman–Crippen LogP) is 0.929. The minimum absolute atomic E-state index is 0.0571. The molecule has 8 nitrogen and oxygen atoms in total. The van der Waals surface area contributed by atoms with Gasteiger partial charge in [0, 0.05) is 32.0 Å². The van der Waals surface area contributed by atoms with Gasteiger partial charge in [-0.3, -0.25) is 4.68 Å². The zero-order chi connectivity index (χ0) is 15.2. The van der Waals surface area contributed by atoms with E-state index >= 15 is 0 Å². The van der Waals surface area contributed by atoms with E-state index in [4.69, 9.17) is 5.11 Å². The summed E-state index contributed by atoms with van der Waals surface area (Å²) in [4.78, 5) is 11.3. The van der Waals surface area contributed by atoms with Gasteiger partial charge in [0.2, 0.25) is 0 Å². The van der Waals surface area contributed by atoms with Crippen LogP contribution in [0.5, 0.6) is 0 Å². The number of aromatic carboxylic acids is 1. The molecule has 0 aliphatic heterocycles. The second-order valence-electron chi connectivity index (χ2n) is 4.86. The van der Waals surface area contributed by atoms with Crippen LogP contribution in [0.1, 0.15) is 36.2 Å². The number of carbonyl (C=O) groups is 1. The van der Waals surface area contributed by atoms with Gasteiger partial charge >= 0.3 is 5.97 Å². The Balaban J connectivity index is 2.16. The van der Waals surface area contributed by atoms with Gasteiger partial charge in [-0.1, -0.05) is 18.1 Å². The Bertz CT molecular complexity index is 605. The molecule has 0 aliphatic carbocycles. The van der Waals surface area contributed by atoms with Crippen molar-refractivity contribution < 1.29 is 15.0 Å². The lowest BCUT2D eigenvalue weighted by molar-refractivity contribution is 0.0691. The van der Waals surface area contributed by atoms with Crippen molar-refractivity contribution in [3.05, 3.63) is 18.1 Å². The van der Waals surface area contributed by atoms with Crippen molar-refractivity contribution in [3.8, 4) is 11.3 Å². The van der Waals surface area contributed by atoms with Crippen LogP contribution in [0.25, 0.3) is 11.3 Å². The number of carboxylic acids is 1. The molecule has 0 radical (unpaired) electrons. The molecule has 2 aromatic rings. The molecule has 0 spiro atoms. The zero-order valence-corrected chi connectivity index (χ0v) is 11.9. The van der Waals surface area contributed by atoms with Crippen molar-refractivity contribution in [2.45, 2.75) is 32.2 Å². The fourth-order valence-electron chi connectivity index (χ4n) is 2.17. The van der Waals surface area contributed by atoms with Gasteiger partial charge in [-0.05, 0) is 12.8 Å². The van der Waals surface area contributed by atoms with Gasteiger partial charge in [0.1, 0.15) is 5.69 Å². The van der Waals surface area contributed by atoms with Crippen LogP contribution in [0.4, 0.5) is 0 Å². The quantitative estimate of drug-likeness (QED) is 0.701. The highest BCUT2D eigenvalue weighted by Crippen LogP contribution is 2.22. The van der Waals surface area contributed by atoms with E-state index in [0.29, 0.717) is 17.8 Å². The number of hydrogen-bond acceptors (Lipinski definition) is 5. The second-order valence-corrected chi connectivity index (χ2v) is 4.86. The lowest BCUT2D eigenvalue weighted by Crippen LogP contribution is -2.05. The smallest absolute Gasteiger partial charge is 0.358 e. The van der Waals surface area contributed by atoms with Crippen molar-refractivity contribution in [1.82, 2.24) is 24.8 Å². The molecule has 0 saturated carbocycles. The molecule has 0 unspecified atom stereocenters. The first-order chi connectivity index (χ1) is 10.1. The van der Waals surface area contributed by atoms with Gasteiger partial charge in [-0.25, -0.2) is 9.48 Å². The minimum Gasteiger partial charge on any atom is -0.476 e. The third-order valence-electron chi connectivity index (χ3n) is 3.19. The summed E-state index contributed by atoms with van der Waals surface area (Å²) in [5.74, 6) is -1.10. The Morgan fingerprint density at radius 3 is 2.67 bits per heavy atom. The van der Waals surface area contributed by atoms with E-state index < -0.39 is 5.97 Å². The highest BCUT2D eigenvalue weighted by molar-refractivity contribution is 5.92. The molecule has 0 aliphatic rings. The van der Waals surface area contributed by atoms with E-state index in [1.54, 1.807) is 28.8 Å². The summed E-state index contributed by atoms with van der Waals surface area (Å²) in [6.07, 6.45) is 6.89. The fraction of sp³-hybridized carbons (Fsp3) is 0.538. The number of carboxylic acid groups (broad SMARTS) is 1. The molecule has 2 heterocycles. The Morgan fingerprint density at radius 2 is 2.05 bits per heavy atom. The number of unbranched alkanes of at least 4 members (excludes halogenated alkanes) is 3. The molecule has 0 saturated heterocycles. The molecule has 0 aromatic carbocycles. The third kappa shape index (κ3) is 3.66. The van der Waals surface area contributed by atoms with Crippen LogP contribution in [0.15, 0.2) is 12.4 Å². The third-order valence-corrected chi connectivity index (χ3v) is 3.19. The highest BCUT2D eigenvalue weighted by atomic mass is 16.4. The first kappa shape index (κ1) is 15.2. The molecule has 8 heteroatoms. The summed E-state index contributed by atoms with van der Waals surface area (Å²) in [7, 11) is 1.77. The average Bonchev–Trinajstić information content (AvgIpc) is 3.04. The summed E-state index contributed by atoms with van der Waals surface area (Å²) in [6, 6.07) is 0. The lowest BCUT2D eigenvalue weighted by Gasteiger charge is -2.05. The number of aryl methyl sites for hydroxylation is 2. The van der Waals surface area contributed by atoms with Crippen LogP contribution >= 0.6 is 0 Å². The number of rotatable bonds is 8. The lowest BCUT2D eigenvalue weighted by atomic mass is 10.1. The SMILES string of the molecule is Cn1cc(-c2c(C(=O)O)nnn2CCCCCCO)cn1. The van der Waals surface area contributed by atoms with Gasteiger partial charge < -0.3 is 10.2 Å². The van der Waals surface area contributed by atoms with E-state index in [2.05, 4.69) is 15.4 Å². The molecule has 2 aromatic heterocycles. The summed E-state index contributed by atoms with van der Waals surface area (Å²) < 4.78 is 3.22. The van der Waals surface area contributed by atoms with E-state index in [9.17, 15) is 9.90 Å². The standard InChI is InChI=1S/C13H19N5O3/c1-17-9-10(8-14-17)12-11(13(20)21)15-16-18(12)6-4-2-3-5-7-19/h8-9,19H,2-7H2,1H3,(H,20,21). The van der Waals surface area contributed by atoms with Crippen LogP contribution < -0.4 is 0 Å². The van der Waals surface area contributed by atoms with Gasteiger partial charge in [-0.2, -0.15) is 5.10 Å². The molecule has 0 fully saturated rings. The second kappa shape index (κ2) is 6.98. The van der Waals surface area contributed by atoms with Crippen LogP contribution in [0.2, 0.25) is 0 Å². The molecule has 21 heavy (non-hydrogen) atoms. The minimum atomic E-state index is -1.10. The van der Waals surface area contributed by atoms with Crippen molar-refractivity contribution in [2.75, 3.05) is 6.61 Å². The Labute approximate surface area is 122 Å². The molecular formula is C13H19N5O3. The molecule has 0 bridgehead atoms. The van der Waals surface area contributed by atoms with Gasteiger partial charge in [-0.15, -0.1) is 5.10 Å². The highest BCUT2D eigenvalue weighted by Gasteiger charge is 2.21. The molecule has 0 amide bonds. The van der Waals surface area contributed by atoms with Crippen molar-refractivity contribution >= 4 is 5.97 Å². The van der Waals surface area contributed by atoms with Crippen LogP contribution in [-0.4, -0.2) is 47.6 Å². The van der Waals surface area contributed by atoms with Crippen LogP contribution in [-0.2, 0) is 13.6 Å². The molecule has 2 rings (SSSR count). The zero-order valence-electron chi connectivity index (χ0n) is 11.9. The fourth-order valence-corrected chi connectivity index (χ4v) is 2.17. The average molecular weight is 293 g/mol. The maximum atomic E-state index is 11.3. The topological polar surface area (TPSA) is 106 Å². The van der Waals surface area contributed by atoms with Crippen molar-refractivity contribution in [2.24, 2.45) is 7.05 Å². The van der Waals surface area contributed by atoms with Crippen LogP contribution in [0, 0.1) is 0 Å². The van der Waals surface area contributed by atoms with E-state index in [0.717, 1.165) is 25.7 Å². The summed E-state index contributed by atoms with van der Waals surface area (Å²) in [6.45, 7) is 0.795. The Morgan fingerprint density at radius 1 is 1.29 bits per heavy atom. The summed E-state index contributed by atoms with van der Waals surface area (Å²) in [5, 5.41) is 29.7. The molecule has 114 valence electrons. The van der Waals surface area contributed by atoms with Gasteiger partial charge in [0.25, 0.3) is 0 Å². The normalized spacial score (nSPS) is 11.0. The van der Waals surface area contributed by atoms with Crippen molar-refractivity contribution in [1.29, 1.82) is 0 Å². The number of nitrogens with zero attached hydrogens (tertiary/aromatic N) is 5. The van der Waals surface area contributed by atoms with Gasteiger partial charge in [0.15, 0.2) is 5.69 Å². The van der Waals surface area contributed by atoms with E-state index in [-0.39, 0.29) is 12.3 Å². The number of aliphatic hydroxyl groups excluding tert-OH is 1. The molecule has 2 N–H and O–H groups in total. The van der Waals surface area contributed by atoms with Crippen molar-refractivity contribution in [3.63, 3.8) is 0 Å². The summed E-state index contributed by atoms with van der Waals surface area (Å²) in [5.41, 5.74) is 1.12. The summed E-state index contributed by atoms with van der Waals surface area (Å²) >= 11 is 0. The Kier molecular flexibility index (Phi) is 5.04. The van der Waals surface area contributed by atoms with E-state index in [1.807, 2.05) is 0 Å². The molecular weight excluding hydrogens is 274 g/mol. The monoisotopic (exact) mass is 293 g/mol. The maximum Gasteiger partial charge on any atom is 0.358 e. The predicted molar refractivity (Wildman–Crippen MR) is 74.7 cm³/mol. The van der Waals surface area contributed by atoms with Crippen LogP contribution in [0.3, 0.4) is 0 Å². The maximum absolute atomic E-state index is 11.3. The molecule has 0 atom stereocenters. The van der Waals surface area contributed by atoms with E-state index in [1.165, 1.54) is 0 Å². The number of aliphatic hydroxyl groups is 1. The van der Waals surface area contributed by atoms with Gasteiger partial charge in [0.05, 0.1) is 6.20 Å². The first-order valence-corrected chi connectivity index (χ1v) is 6.90.